The molecule has 7 heteroatoms. The standard InChI is InChI=1S/C18H27N3O3S/c1-20(16-6-3-2-4-7-16)25(23,24)19-14-15-9-11-17(12-10-15)21-13-5-8-18(21)22/h9-12,16,19H,2-8,13-14H2,1H3. The van der Waals surface area contributed by atoms with Crippen LogP contribution in [0.2, 0.25) is 0 Å². The van der Waals surface area contributed by atoms with E-state index in [4.69, 9.17) is 0 Å². The third-order valence-corrected chi connectivity index (χ3v) is 6.81. The Hall–Kier alpha value is -1.44. The van der Waals surface area contributed by atoms with Gasteiger partial charge in [0.05, 0.1) is 0 Å². The summed E-state index contributed by atoms with van der Waals surface area (Å²) in [6.45, 7) is 1.02. The molecule has 1 saturated heterocycles. The largest absolute Gasteiger partial charge is 0.312 e. The van der Waals surface area contributed by atoms with Crippen LogP contribution in [0.15, 0.2) is 24.3 Å². The van der Waals surface area contributed by atoms with Crippen molar-refractivity contribution in [1.29, 1.82) is 0 Å². The van der Waals surface area contributed by atoms with Gasteiger partial charge >= 0.3 is 0 Å². The van der Waals surface area contributed by atoms with Crippen LogP contribution in [-0.4, -0.2) is 38.3 Å². The molecule has 1 N–H and O–H groups in total. The van der Waals surface area contributed by atoms with Gasteiger partial charge in [0.2, 0.25) is 5.91 Å². The minimum absolute atomic E-state index is 0.106. The molecule has 2 aliphatic rings. The van der Waals surface area contributed by atoms with Gasteiger partial charge in [-0.15, -0.1) is 0 Å². The van der Waals surface area contributed by atoms with Crippen molar-refractivity contribution < 1.29 is 13.2 Å². The Bertz CT molecular complexity index is 697. The molecule has 2 fully saturated rings. The van der Waals surface area contributed by atoms with Crippen molar-refractivity contribution in [2.75, 3.05) is 18.5 Å². The summed E-state index contributed by atoms with van der Waals surface area (Å²) in [6.07, 6.45) is 6.78. The molecule has 0 unspecified atom stereocenters. The molecule has 1 aromatic carbocycles. The van der Waals surface area contributed by atoms with Crippen LogP contribution >= 0.6 is 0 Å². The van der Waals surface area contributed by atoms with E-state index in [9.17, 15) is 13.2 Å². The summed E-state index contributed by atoms with van der Waals surface area (Å²) < 4.78 is 29.1. The number of nitrogens with one attached hydrogen (secondary N) is 1. The number of anilines is 1. The van der Waals surface area contributed by atoms with Gasteiger partial charge in [0.15, 0.2) is 0 Å². The molecule has 25 heavy (non-hydrogen) atoms. The normalized spacial score (nSPS) is 19.8. The van der Waals surface area contributed by atoms with E-state index in [-0.39, 0.29) is 18.5 Å². The maximum atomic E-state index is 12.5. The van der Waals surface area contributed by atoms with Gasteiger partial charge in [0, 0.05) is 38.3 Å². The van der Waals surface area contributed by atoms with Crippen molar-refractivity contribution in [3.05, 3.63) is 29.8 Å². The Morgan fingerprint density at radius 3 is 2.40 bits per heavy atom. The lowest BCUT2D eigenvalue weighted by molar-refractivity contribution is -0.117. The van der Waals surface area contributed by atoms with Crippen LogP contribution < -0.4 is 9.62 Å². The van der Waals surface area contributed by atoms with Crippen LogP contribution in [0.25, 0.3) is 0 Å². The molecule has 0 radical (unpaired) electrons. The van der Waals surface area contributed by atoms with Crippen LogP contribution in [-0.2, 0) is 21.5 Å². The van der Waals surface area contributed by atoms with Crippen molar-refractivity contribution in [3.63, 3.8) is 0 Å². The predicted molar refractivity (Wildman–Crippen MR) is 98.4 cm³/mol. The van der Waals surface area contributed by atoms with Gasteiger partial charge in [-0.1, -0.05) is 31.4 Å². The Kier molecular flexibility index (Phi) is 5.76. The van der Waals surface area contributed by atoms with E-state index in [1.54, 1.807) is 11.9 Å². The number of rotatable bonds is 6. The van der Waals surface area contributed by atoms with E-state index in [1.165, 1.54) is 10.7 Å². The number of hydrogen-bond donors (Lipinski definition) is 1. The molecular weight excluding hydrogens is 338 g/mol. The van der Waals surface area contributed by atoms with Crippen LogP contribution in [0.4, 0.5) is 5.69 Å². The lowest BCUT2D eigenvalue weighted by atomic mass is 9.96. The fourth-order valence-corrected chi connectivity index (χ4v) is 4.79. The molecule has 1 saturated carbocycles. The zero-order valence-electron chi connectivity index (χ0n) is 14.8. The lowest BCUT2D eigenvalue weighted by Gasteiger charge is -2.30. The maximum absolute atomic E-state index is 12.5. The summed E-state index contributed by atoms with van der Waals surface area (Å²) in [7, 11) is -1.81. The summed E-state index contributed by atoms with van der Waals surface area (Å²) in [6, 6.07) is 7.64. The summed E-state index contributed by atoms with van der Waals surface area (Å²) in [5, 5.41) is 0. The van der Waals surface area contributed by atoms with Crippen molar-refractivity contribution in [2.45, 2.75) is 57.5 Å². The van der Waals surface area contributed by atoms with Gasteiger partial charge in [0.25, 0.3) is 10.2 Å². The maximum Gasteiger partial charge on any atom is 0.279 e. The monoisotopic (exact) mass is 365 g/mol. The second-order valence-corrected chi connectivity index (χ2v) is 8.76. The number of carbonyl (C=O) groups is 1. The quantitative estimate of drug-likeness (QED) is 0.842. The van der Waals surface area contributed by atoms with Crippen LogP contribution in [0.1, 0.15) is 50.5 Å². The highest BCUT2D eigenvalue weighted by Gasteiger charge is 2.27. The molecule has 138 valence electrons. The zero-order chi connectivity index (χ0) is 17.9. The van der Waals surface area contributed by atoms with Crippen molar-refractivity contribution >= 4 is 21.8 Å². The Balaban J connectivity index is 1.57. The first-order valence-corrected chi connectivity index (χ1v) is 10.5. The molecule has 6 nitrogen and oxygen atoms in total. The second kappa shape index (κ2) is 7.85. The van der Waals surface area contributed by atoms with Crippen molar-refractivity contribution in [3.8, 4) is 0 Å². The van der Waals surface area contributed by atoms with Crippen LogP contribution in [0.3, 0.4) is 0 Å². The number of benzene rings is 1. The van der Waals surface area contributed by atoms with E-state index in [2.05, 4.69) is 4.72 Å². The molecule has 1 aliphatic carbocycles. The first-order chi connectivity index (χ1) is 12.0. The molecule has 1 heterocycles. The highest BCUT2D eigenvalue weighted by molar-refractivity contribution is 7.87. The van der Waals surface area contributed by atoms with Crippen LogP contribution in [0.5, 0.6) is 0 Å². The summed E-state index contributed by atoms with van der Waals surface area (Å²) in [4.78, 5) is 13.6. The van der Waals surface area contributed by atoms with Gasteiger partial charge in [-0.05, 0) is 37.0 Å². The van der Waals surface area contributed by atoms with Gasteiger partial charge in [0.1, 0.15) is 0 Å². The first-order valence-electron chi connectivity index (χ1n) is 9.09. The SMILES string of the molecule is CN(C1CCCCC1)S(=O)(=O)NCc1ccc(N2CCCC2=O)cc1. The summed E-state index contributed by atoms with van der Waals surface area (Å²) >= 11 is 0. The average molecular weight is 365 g/mol. The Labute approximate surface area is 150 Å². The molecule has 0 aromatic heterocycles. The number of nitrogens with zero attached hydrogens (tertiary/aromatic N) is 2. The minimum Gasteiger partial charge on any atom is -0.312 e. The average Bonchev–Trinajstić information content (AvgIpc) is 3.06. The number of carbonyl (C=O) groups excluding carboxylic acids is 1. The fraction of sp³-hybridized carbons (Fsp3) is 0.611. The lowest BCUT2D eigenvalue weighted by Crippen LogP contribution is -2.44. The second-order valence-electron chi connectivity index (χ2n) is 6.95. The summed E-state index contributed by atoms with van der Waals surface area (Å²) in [5.74, 6) is 0.155. The van der Waals surface area contributed by atoms with Crippen LogP contribution in [0, 0.1) is 0 Å². The van der Waals surface area contributed by atoms with Gasteiger partial charge in [-0.3, -0.25) is 4.79 Å². The molecule has 1 aromatic rings. The highest BCUT2D eigenvalue weighted by atomic mass is 32.2. The molecule has 1 amide bonds. The minimum atomic E-state index is -3.47. The third kappa shape index (κ3) is 4.40. The molecule has 3 rings (SSSR count). The molecule has 1 aliphatic heterocycles. The fourth-order valence-electron chi connectivity index (χ4n) is 3.63. The van der Waals surface area contributed by atoms with E-state index in [1.807, 2.05) is 24.3 Å². The number of amides is 1. The Morgan fingerprint density at radius 1 is 1.12 bits per heavy atom. The Morgan fingerprint density at radius 2 is 1.80 bits per heavy atom. The summed E-state index contributed by atoms with van der Waals surface area (Å²) in [5.41, 5.74) is 1.77. The zero-order valence-corrected chi connectivity index (χ0v) is 15.6. The van der Waals surface area contributed by atoms with E-state index >= 15 is 0 Å². The van der Waals surface area contributed by atoms with Crippen molar-refractivity contribution in [1.82, 2.24) is 9.03 Å². The van der Waals surface area contributed by atoms with Gasteiger partial charge in [-0.25, -0.2) is 0 Å². The topological polar surface area (TPSA) is 69.7 Å². The molecule has 0 bridgehead atoms. The predicted octanol–water partition coefficient (Wildman–Crippen LogP) is 2.41. The number of hydrogen-bond acceptors (Lipinski definition) is 3. The highest BCUT2D eigenvalue weighted by Crippen LogP contribution is 2.24. The molecular formula is C18H27N3O3S. The van der Waals surface area contributed by atoms with Crippen molar-refractivity contribution in [2.24, 2.45) is 0 Å². The van der Waals surface area contributed by atoms with Gasteiger partial charge < -0.3 is 4.90 Å². The molecule has 0 atom stereocenters. The molecule has 0 spiro atoms. The third-order valence-electron chi connectivity index (χ3n) is 5.25. The van der Waals surface area contributed by atoms with E-state index < -0.39 is 10.2 Å². The van der Waals surface area contributed by atoms with E-state index in [0.717, 1.165) is 49.9 Å². The first kappa shape index (κ1) is 18.4. The smallest absolute Gasteiger partial charge is 0.279 e. The van der Waals surface area contributed by atoms with Gasteiger partial charge in [-0.2, -0.15) is 17.4 Å². The van der Waals surface area contributed by atoms with E-state index in [0.29, 0.717) is 6.42 Å².